The lowest BCUT2D eigenvalue weighted by atomic mass is 10.1. The monoisotopic (exact) mass is 361 g/mol. The Balaban J connectivity index is 1.65. The molecule has 1 amide bonds. The van der Waals surface area contributed by atoms with Crippen LogP contribution in [0.3, 0.4) is 0 Å². The van der Waals surface area contributed by atoms with E-state index in [0.717, 1.165) is 16.7 Å². The summed E-state index contributed by atoms with van der Waals surface area (Å²) < 4.78 is 1.35. The molecule has 1 heterocycles. The third-order valence-electron chi connectivity index (χ3n) is 4.44. The summed E-state index contributed by atoms with van der Waals surface area (Å²) in [7, 11) is 0. The van der Waals surface area contributed by atoms with E-state index in [-0.39, 0.29) is 30.5 Å². The average molecular weight is 361 g/mol. The molecule has 27 heavy (non-hydrogen) atoms. The van der Waals surface area contributed by atoms with Gasteiger partial charge in [0.25, 0.3) is 5.56 Å². The van der Waals surface area contributed by atoms with E-state index in [1.165, 1.54) is 10.7 Å². The molecule has 0 spiro atoms. The van der Waals surface area contributed by atoms with Crippen molar-refractivity contribution >= 4 is 5.91 Å². The number of nitrogens with one attached hydrogen (secondary N) is 1. The van der Waals surface area contributed by atoms with Gasteiger partial charge in [-0.25, -0.2) is 4.68 Å². The second-order valence-corrected chi connectivity index (χ2v) is 6.60. The van der Waals surface area contributed by atoms with E-state index < -0.39 is 0 Å². The molecule has 1 aromatic heterocycles. The van der Waals surface area contributed by atoms with Crippen molar-refractivity contribution in [2.24, 2.45) is 0 Å². The van der Waals surface area contributed by atoms with Crippen LogP contribution in [0.4, 0.5) is 0 Å². The van der Waals surface area contributed by atoms with Crippen LogP contribution in [0.2, 0.25) is 0 Å². The molecule has 1 atom stereocenters. The predicted molar refractivity (Wildman–Crippen MR) is 106 cm³/mol. The Kier molecular flexibility index (Phi) is 5.81. The predicted octanol–water partition coefficient (Wildman–Crippen LogP) is 3.49. The van der Waals surface area contributed by atoms with Gasteiger partial charge < -0.3 is 5.32 Å². The second kappa shape index (κ2) is 8.45. The van der Waals surface area contributed by atoms with E-state index in [4.69, 9.17) is 0 Å². The molecule has 0 aliphatic rings. The lowest BCUT2D eigenvalue weighted by molar-refractivity contribution is -0.122. The fourth-order valence-electron chi connectivity index (χ4n) is 2.83. The zero-order valence-corrected chi connectivity index (χ0v) is 15.6. The van der Waals surface area contributed by atoms with Gasteiger partial charge in [0.2, 0.25) is 5.91 Å². The van der Waals surface area contributed by atoms with Gasteiger partial charge >= 0.3 is 0 Å². The molecule has 5 heteroatoms. The normalized spacial score (nSPS) is 11.8. The van der Waals surface area contributed by atoms with Crippen molar-refractivity contribution < 1.29 is 4.79 Å². The number of carbonyl (C=O) groups is 1. The lowest BCUT2D eigenvalue weighted by Gasteiger charge is -2.14. The first-order valence-corrected chi connectivity index (χ1v) is 9.02. The van der Waals surface area contributed by atoms with Gasteiger partial charge in [-0.1, -0.05) is 60.2 Å². The van der Waals surface area contributed by atoms with Gasteiger partial charge in [-0.05, 0) is 25.5 Å². The first-order chi connectivity index (χ1) is 13.0. The smallest absolute Gasteiger partial charge is 0.266 e. The highest BCUT2D eigenvalue weighted by atomic mass is 16.2. The number of amides is 1. The number of carbonyl (C=O) groups excluding carboxylic acids is 1. The largest absolute Gasteiger partial charge is 0.350 e. The Morgan fingerprint density at radius 3 is 2.44 bits per heavy atom. The molecule has 0 fully saturated rings. The molecule has 3 aromatic rings. The first-order valence-electron chi connectivity index (χ1n) is 9.02. The van der Waals surface area contributed by atoms with Crippen LogP contribution in [-0.2, 0) is 11.3 Å². The zero-order chi connectivity index (χ0) is 19.2. The summed E-state index contributed by atoms with van der Waals surface area (Å²) in [5, 5.41) is 7.36. The van der Waals surface area contributed by atoms with E-state index in [0.29, 0.717) is 5.69 Å². The maximum Gasteiger partial charge on any atom is 0.266 e. The van der Waals surface area contributed by atoms with Crippen LogP contribution in [0.15, 0.2) is 71.5 Å². The molecule has 2 aromatic carbocycles. The molecule has 0 saturated heterocycles. The van der Waals surface area contributed by atoms with Gasteiger partial charge in [0.1, 0.15) is 0 Å². The summed E-state index contributed by atoms with van der Waals surface area (Å²) in [4.78, 5) is 24.3. The van der Waals surface area contributed by atoms with Gasteiger partial charge in [-0.3, -0.25) is 9.59 Å². The van der Waals surface area contributed by atoms with Gasteiger partial charge in [0.15, 0.2) is 0 Å². The highest BCUT2D eigenvalue weighted by Gasteiger charge is 2.10. The standard InChI is InChI=1S/C22H23N3O2/c1-16-8-10-19(11-9-16)20-12-13-22(27)25(24-20)15-14-21(26)23-17(2)18-6-4-3-5-7-18/h3-13,17H,14-15H2,1-2H3,(H,23,26)/t17-/m1/s1. The molecule has 3 rings (SSSR count). The molecule has 0 aliphatic carbocycles. The molecule has 0 saturated carbocycles. The van der Waals surface area contributed by atoms with E-state index in [1.807, 2.05) is 68.4 Å². The van der Waals surface area contributed by atoms with Crippen molar-refractivity contribution in [3.8, 4) is 11.3 Å². The van der Waals surface area contributed by atoms with Crippen LogP contribution in [-0.4, -0.2) is 15.7 Å². The fourth-order valence-corrected chi connectivity index (χ4v) is 2.83. The molecular weight excluding hydrogens is 338 g/mol. The number of hydrogen-bond donors (Lipinski definition) is 1. The van der Waals surface area contributed by atoms with Crippen molar-refractivity contribution in [2.45, 2.75) is 32.9 Å². The maximum absolute atomic E-state index is 12.2. The second-order valence-electron chi connectivity index (χ2n) is 6.60. The molecule has 0 radical (unpaired) electrons. The van der Waals surface area contributed by atoms with Crippen molar-refractivity contribution in [1.29, 1.82) is 0 Å². The summed E-state index contributed by atoms with van der Waals surface area (Å²) in [6, 6.07) is 20.9. The topological polar surface area (TPSA) is 64.0 Å². The third-order valence-corrected chi connectivity index (χ3v) is 4.44. The highest BCUT2D eigenvalue weighted by Crippen LogP contribution is 2.16. The van der Waals surface area contributed by atoms with Crippen LogP contribution in [0, 0.1) is 6.92 Å². The Hall–Kier alpha value is -3.21. The zero-order valence-electron chi connectivity index (χ0n) is 15.6. The van der Waals surface area contributed by atoms with E-state index in [9.17, 15) is 9.59 Å². The minimum absolute atomic E-state index is 0.0812. The lowest BCUT2D eigenvalue weighted by Crippen LogP contribution is -2.30. The molecular formula is C22H23N3O2. The summed E-state index contributed by atoms with van der Waals surface area (Å²) in [6.45, 7) is 4.20. The van der Waals surface area contributed by atoms with E-state index in [2.05, 4.69) is 10.4 Å². The number of hydrogen-bond acceptors (Lipinski definition) is 3. The van der Waals surface area contributed by atoms with Crippen LogP contribution >= 0.6 is 0 Å². The minimum Gasteiger partial charge on any atom is -0.350 e. The molecule has 0 bridgehead atoms. The molecule has 5 nitrogen and oxygen atoms in total. The summed E-state index contributed by atoms with van der Waals surface area (Å²) in [5.74, 6) is -0.110. The van der Waals surface area contributed by atoms with E-state index in [1.54, 1.807) is 6.07 Å². The van der Waals surface area contributed by atoms with Gasteiger partial charge in [0.05, 0.1) is 18.3 Å². The van der Waals surface area contributed by atoms with Crippen LogP contribution in [0.25, 0.3) is 11.3 Å². The quantitative estimate of drug-likeness (QED) is 0.731. The number of nitrogens with zero attached hydrogens (tertiary/aromatic N) is 2. The Labute approximate surface area is 158 Å². The Bertz CT molecular complexity index is 963. The van der Waals surface area contributed by atoms with Crippen molar-refractivity contribution in [3.05, 3.63) is 88.2 Å². The Morgan fingerprint density at radius 2 is 1.74 bits per heavy atom. The van der Waals surface area contributed by atoms with Crippen molar-refractivity contribution in [2.75, 3.05) is 0 Å². The highest BCUT2D eigenvalue weighted by molar-refractivity contribution is 5.76. The summed E-state index contributed by atoms with van der Waals surface area (Å²) >= 11 is 0. The summed E-state index contributed by atoms with van der Waals surface area (Å²) in [6.07, 6.45) is 0.196. The van der Waals surface area contributed by atoms with Crippen molar-refractivity contribution in [3.63, 3.8) is 0 Å². The number of aryl methyl sites for hydroxylation is 2. The van der Waals surface area contributed by atoms with Crippen LogP contribution in [0.5, 0.6) is 0 Å². The van der Waals surface area contributed by atoms with Gasteiger partial charge in [-0.2, -0.15) is 5.10 Å². The third kappa shape index (κ3) is 4.91. The van der Waals surface area contributed by atoms with Gasteiger partial charge in [0, 0.05) is 18.1 Å². The van der Waals surface area contributed by atoms with Gasteiger partial charge in [-0.15, -0.1) is 0 Å². The van der Waals surface area contributed by atoms with Crippen LogP contribution < -0.4 is 10.9 Å². The average Bonchev–Trinajstić information content (AvgIpc) is 2.68. The molecule has 1 N–H and O–H groups in total. The summed E-state index contributed by atoms with van der Waals surface area (Å²) in [5.41, 5.74) is 3.65. The number of aromatic nitrogens is 2. The van der Waals surface area contributed by atoms with E-state index >= 15 is 0 Å². The first kappa shape index (κ1) is 18.6. The van der Waals surface area contributed by atoms with Crippen LogP contribution in [0.1, 0.15) is 30.5 Å². The molecule has 0 aliphatic heterocycles. The molecule has 0 unspecified atom stereocenters. The maximum atomic E-state index is 12.2. The number of benzene rings is 2. The SMILES string of the molecule is Cc1ccc(-c2ccc(=O)n(CCC(=O)N[C@H](C)c3ccccc3)n2)cc1. The Morgan fingerprint density at radius 1 is 1.04 bits per heavy atom. The van der Waals surface area contributed by atoms with Crippen molar-refractivity contribution in [1.82, 2.24) is 15.1 Å². The molecule has 138 valence electrons. The fraction of sp³-hybridized carbons (Fsp3) is 0.227. The number of rotatable bonds is 6. The minimum atomic E-state index is -0.213.